The molecule has 1 aromatic heterocycles. The Labute approximate surface area is 116 Å². The number of rotatable bonds is 5. The van der Waals surface area contributed by atoms with E-state index < -0.39 is 11.7 Å². The molecule has 2 aromatic rings. The molecule has 0 saturated carbocycles. The Morgan fingerprint density at radius 3 is 2.90 bits per heavy atom. The monoisotopic (exact) mass is 279 g/mol. The van der Waals surface area contributed by atoms with Crippen molar-refractivity contribution < 1.29 is 14.3 Å². The van der Waals surface area contributed by atoms with Crippen LogP contribution in [0, 0.1) is 11.7 Å². The summed E-state index contributed by atoms with van der Waals surface area (Å²) < 4.78 is 13.5. The highest BCUT2D eigenvalue weighted by atomic mass is 19.1. The Balaban J connectivity index is 2.24. The van der Waals surface area contributed by atoms with Gasteiger partial charge in [-0.2, -0.15) is 0 Å². The number of aromatic amines is 1. The molecule has 1 heterocycles. The molecule has 0 saturated heterocycles. The maximum absolute atomic E-state index is 13.5. The van der Waals surface area contributed by atoms with Gasteiger partial charge in [0.25, 0.3) is 5.91 Å². The van der Waals surface area contributed by atoms with E-state index in [-0.39, 0.29) is 18.2 Å². The topological polar surface area (TPSA) is 78.0 Å². The third-order valence-corrected chi connectivity index (χ3v) is 3.04. The SMILES string of the molecule is CC(C)CC(CO)NC(=O)c1cc(F)cc2[nH]cnc12. The third-order valence-electron chi connectivity index (χ3n) is 3.04. The number of aliphatic hydroxyl groups excluding tert-OH is 1. The van der Waals surface area contributed by atoms with E-state index in [1.165, 1.54) is 12.4 Å². The van der Waals surface area contributed by atoms with Crippen LogP contribution in [0.15, 0.2) is 18.5 Å². The number of aliphatic hydroxyl groups is 1. The standard InChI is InChI=1S/C14H18FN3O2/c1-8(2)3-10(6-19)18-14(20)11-4-9(15)5-12-13(11)17-7-16-12/h4-5,7-8,10,19H,3,6H2,1-2H3,(H,16,17)(H,18,20). The van der Waals surface area contributed by atoms with Gasteiger partial charge in [-0.15, -0.1) is 0 Å². The molecule has 20 heavy (non-hydrogen) atoms. The number of carbonyl (C=O) groups excluding carboxylic acids is 1. The smallest absolute Gasteiger partial charge is 0.253 e. The normalized spacial score (nSPS) is 12.8. The molecule has 2 rings (SSSR count). The number of hydrogen-bond acceptors (Lipinski definition) is 3. The number of imidazole rings is 1. The van der Waals surface area contributed by atoms with E-state index in [1.54, 1.807) is 0 Å². The van der Waals surface area contributed by atoms with Crippen LogP contribution < -0.4 is 5.32 Å². The molecule has 0 aliphatic rings. The lowest BCUT2D eigenvalue weighted by Crippen LogP contribution is -2.38. The highest BCUT2D eigenvalue weighted by Gasteiger charge is 2.18. The van der Waals surface area contributed by atoms with Gasteiger partial charge in [0.15, 0.2) is 0 Å². The number of aromatic nitrogens is 2. The van der Waals surface area contributed by atoms with Gasteiger partial charge < -0.3 is 15.4 Å². The van der Waals surface area contributed by atoms with Crippen LogP contribution in [0.5, 0.6) is 0 Å². The molecule has 0 spiro atoms. The van der Waals surface area contributed by atoms with Crippen LogP contribution in [0.25, 0.3) is 11.0 Å². The number of amides is 1. The molecule has 1 amide bonds. The van der Waals surface area contributed by atoms with E-state index in [1.807, 2.05) is 13.8 Å². The van der Waals surface area contributed by atoms with Gasteiger partial charge in [-0.05, 0) is 24.5 Å². The van der Waals surface area contributed by atoms with Crippen LogP contribution in [0.3, 0.4) is 0 Å². The molecule has 0 radical (unpaired) electrons. The van der Waals surface area contributed by atoms with Crippen molar-refractivity contribution in [3.63, 3.8) is 0 Å². The van der Waals surface area contributed by atoms with Crippen LogP contribution in [0.2, 0.25) is 0 Å². The van der Waals surface area contributed by atoms with E-state index in [4.69, 9.17) is 0 Å². The number of halogens is 1. The molecule has 0 fully saturated rings. The number of H-pyrrole nitrogens is 1. The molecule has 1 aromatic carbocycles. The Bertz CT molecular complexity index is 609. The van der Waals surface area contributed by atoms with Gasteiger partial charge in [-0.1, -0.05) is 13.8 Å². The Kier molecular flexibility index (Phi) is 4.34. The first kappa shape index (κ1) is 14.5. The maximum Gasteiger partial charge on any atom is 0.253 e. The fraction of sp³-hybridized carbons (Fsp3) is 0.429. The lowest BCUT2D eigenvalue weighted by atomic mass is 10.0. The molecule has 1 unspecified atom stereocenters. The number of fused-ring (bicyclic) bond motifs is 1. The lowest BCUT2D eigenvalue weighted by molar-refractivity contribution is 0.0909. The van der Waals surface area contributed by atoms with E-state index in [2.05, 4.69) is 15.3 Å². The minimum absolute atomic E-state index is 0.150. The Morgan fingerprint density at radius 2 is 2.25 bits per heavy atom. The largest absolute Gasteiger partial charge is 0.394 e. The second-order valence-corrected chi connectivity index (χ2v) is 5.23. The second-order valence-electron chi connectivity index (χ2n) is 5.23. The number of nitrogens with zero attached hydrogens (tertiary/aromatic N) is 1. The average Bonchev–Trinajstić information content (AvgIpc) is 2.84. The molecule has 0 aliphatic carbocycles. The van der Waals surface area contributed by atoms with Gasteiger partial charge in [0, 0.05) is 0 Å². The second kappa shape index (κ2) is 6.00. The summed E-state index contributed by atoms with van der Waals surface area (Å²) in [6.45, 7) is 3.86. The van der Waals surface area contributed by atoms with Crippen molar-refractivity contribution in [1.29, 1.82) is 0 Å². The van der Waals surface area contributed by atoms with Gasteiger partial charge >= 0.3 is 0 Å². The first-order valence-corrected chi connectivity index (χ1v) is 6.55. The number of carbonyl (C=O) groups is 1. The van der Waals surface area contributed by atoms with Crippen molar-refractivity contribution in [2.75, 3.05) is 6.61 Å². The summed E-state index contributed by atoms with van der Waals surface area (Å²) in [5.74, 6) is -0.594. The Hall–Kier alpha value is -1.95. The van der Waals surface area contributed by atoms with Crippen LogP contribution >= 0.6 is 0 Å². The van der Waals surface area contributed by atoms with Gasteiger partial charge in [0.05, 0.1) is 30.1 Å². The summed E-state index contributed by atoms with van der Waals surface area (Å²) in [6, 6.07) is 2.10. The molecule has 1 atom stereocenters. The fourth-order valence-electron chi connectivity index (χ4n) is 2.20. The minimum atomic E-state index is -0.503. The summed E-state index contributed by atoms with van der Waals surface area (Å²) in [6.07, 6.45) is 2.07. The highest BCUT2D eigenvalue weighted by Crippen LogP contribution is 2.17. The molecule has 0 bridgehead atoms. The summed E-state index contributed by atoms with van der Waals surface area (Å²) in [4.78, 5) is 19.0. The summed E-state index contributed by atoms with van der Waals surface area (Å²) in [5, 5.41) is 12.0. The van der Waals surface area contributed by atoms with Gasteiger partial charge in [0.1, 0.15) is 11.3 Å². The van der Waals surface area contributed by atoms with Crippen molar-refractivity contribution >= 4 is 16.9 Å². The molecular formula is C14H18FN3O2. The quantitative estimate of drug-likeness (QED) is 0.781. The van der Waals surface area contributed by atoms with E-state index in [0.717, 1.165) is 6.07 Å². The molecule has 5 nitrogen and oxygen atoms in total. The lowest BCUT2D eigenvalue weighted by Gasteiger charge is -2.18. The summed E-state index contributed by atoms with van der Waals surface area (Å²) >= 11 is 0. The molecule has 3 N–H and O–H groups in total. The first-order valence-electron chi connectivity index (χ1n) is 6.55. The van der Waals surface area contributed by atoms with Gasteiger partial charge in [-0.3, -0.25) is 4.79 Å². The summed E-state index contributed by atoms with van der Waals surface area (Å²) in [7, 11) is 0. The predicted molar refractivity (Wildman–Crippen MR) is 73.8 cm³/mol. The first-order chi connectivity index (χ1) is 9.51. The van der Waals surface area contributed by atoms with Crippen molar-refractivity contribution in [1.82, 2.24) is 15.3 Å². The van der Waals surface area contributed by atoms with Crippen LogP contribution in [-0.4, -0.2) is 33.6 Å². The average molecular weight is 279 g/mol. The molecule has 6 heteroatoms. The maximum atomic E-state index is 13.5. The van der Waals surface area contributed by atoms with Crippen LogP contribution in [0.4, 0.5) is 4.39 Å². The van der Waals surface area contributed by atoms with Crippen molar-refractivity contribution in [2.45, 2.75) is 26.3 Å². The van der Waals surface area contributed by atoms with Crippen molar-refractivity contribution in [3.8, 4) is 0 Å². The number of hydrogen-bond donors (Lipinski definition) is 3. The van der Waals surface area contributed by atoms with Gasteiger partial charge in [0.2, 0.25) is 0 Å². The van der Waals surface area contributed by atoms with Crippen molar-refractivity contribution in [2.24, 2.45) is 5.92 Å². The van der Waals surface area contributed by atoms with E-state index >= 15 is 0 Å². The predicted octanol–water partition coefficient (Wildman–Crippen LogP) is 1.84. The van der Waals surface area contributed by atoms with E-state index in [0.29, 0.717) is 23.4 Å². The molecular weight excluding hydrogens is 261 g/mol. The fourth-order valence-corrected chi connectivity index (χ4v) is 2.20. The molecule has 0 aliphatic heterocycles. The number of benzene rings is 1. The number of nitrogens with one attached hydrogen (secondary N) is 2. The summed E-state index contributed by atoms with van der Waals surface area (Å²) in [5.41, 5.74) is 1.06. The zero-order valence-corrected chi connectivity index (χ0v) is 11.5. The third kappa shape index (κ3) is 3.14. The van der Waals surface area contributed by atoms with Gasteiger partial charge in [-0.25, -0.2) is 9.37 Å². The minimum Gasteiger partial charge on any atom is -0.394 e. The Morgan fingerprint density at radius 1 is 1.50 bits per heavy atom. The zero-order valence-electron chi connectivity index (χ0n) is 11.5. The van der Waals surface area contributed by atoms with Crippen LogP contribution in [-0.2, 0) is 0 Å². The van der Waals surface area contributed by atoms with E-state index in [9.17, 15) is 14.3 Å². The zero-order chi connectivity index (χ0) is 14.7. The van der Waals surface area contributed by atoms with Crippen LogP contribution in [0.1, 0.15) is 30.6 Å². The molecule has 108 valence electrons. The highest BCUT2D eigenvalue weighted by molar-refractivity contribution is 6.04. The van der Waals surface area contributed by atoms with Crippen molar-refractivity contribution in [3.05, 3.63) is 29.8 Å².